The molecule has 2 aromatic carbocycles. The summed E-state index contributed by atoms with van der Waals surface area (Å²) in [6.07, 6.45) is 0.606. The number of nitrogens with one attached hydrogen (secondary N) is 2. The minimum atomic E-state index is -0.259. The lowest BCUT2D eigenvalue weighted by Crippen LogP contribution is -2.37. The fourth-order valence-corrected chi connectivity index (χ4v) is 2.49. The van der Waals surface area contributed by atoms with E-state index in [-0.39, 0.29) is 24.8 Å². The molecule has 2 aromatic rings. The summed E-state index contributed by atoms with van der Waals surface area (Å²) in [5, 5.41) is 15.0. The Morgan fingerprint density at radius 1 is 1.08 bits per heavy atom. The van der Waals surface area contributed by atoms with Crippen LogP contribution in [0.25, 0.3) is 0 Å². The minimum Gasteiger partial charge on any atom is -0.491 e. The lowest BCUT2D eigenvalue weighted by atomic mass is 10.0. The highest BCUT2D eigenvalue weighted by atomic mass is 16.5. The van der Waals surface area contributed by atoms with Crippen molar-refractivity contribution in [3.8, 4) is 5.75 Å². The molecular weight excluding hydrogens is 316 g/mol. The van der Waals surface area contributed by atoms with E-state index in [1.165, 1.54) is 0 Å². The van der Waals surface area contributed by atoms with Gasteiger partial charge in [0.25, 0.3) is 0 Å². The van der Waals surface area contributed by atoms with E-state index in [2.05, 4.69) is 10.6 Å². The van der Waals surface area contributed by atoms with E-state index < -0.39 is 0 Å². The molecule has 5 nitrogen and oxygen atoms in total. The zero-order valence-corrected chi connectivity index (χ0v) is 14.7. The predicted octanol–water partition coefficient (Wildman–Crippen LogP) is 3.40. The van der Waals surface area contributed by atoms with Crippen molar-refractivity contribution in [2.24, 2.45) is 0 Å². The molecule has 25 heavy (non-hydrogen) atoms. The van der Waals surface area contributed by atoms with Gasteiger partial charge in [0.2, 0.25) is 0 Å². The van der Waals surface area contributed by atoms with E-state index in [4.69, 9.17) is 4.74 Å². The van der Waals surface area contributed by atoms with Gasteiger partial charge in [-0.1, -0.05) is 42.5 Å². The highest BCUT2D eigenvalue weighted by Crippen LogP contribution is 2.16. The van der Waals surface area contributed by atoms with Crippen molar-refractivity contribution >= 4 is 6.03 Å². The predicted molar refractivity (Wildman–Crippen MR) is 98.5 cm³/mol. The lowest BCUT2D eigenvalue weighted by Gasteiger charge is -2.19. The molecule has 0 radical (unpaired) electrons. The van der Waals surface area contributed by atoms with Gasteiger partial charge >= 0.3 is 6.03 Å². The van der Waals surface area contributed by atoms with Crippen molar-refractivity contribution in [1.29, 1.82) is 0 Å². The van der Waals surface area contributed by atoms with Crippen molar-refractivity contribution in [2.45, 2.75) is 39.0 Å². The lowest BCUT2D eigenvalue weighted by molar-refractivity contribution is 0.229. The van der Waals surface area contributed by atoms with Gasteiger partial charge in [0.15, 0.2) is 0 Å². The molecule has 0 aliphatic rings. The van der Waals surface area contributed by atoms with Crippen LogP contribution in [0.3, 0.4) is 0 Å². The monoisotopic (exact) mass is 342 g/mol. The number of rotatable bonds is 8. The normalized spacial score (nSPS) is 11.8. The van der Waals surface area contributed by atoms with Crippen molar-refractivity contribution in [3.05, 3.63) is 65.7 Å². The number of aliphatic hydroxyl groups is 1. The number of amides is 2. The van der Waals surface area contributed by atoms with Crippen LogP contribution in [0.5, 0.6) is 5.75 Å². The summed E-state index contributed by atoms with van der Waals surface area (Å²) in [5.74, 6) is 0.815. The van der Waals surface area contributed by atoms with Crippen molar-refractivity contribution < 1.29 is 14.6 Å². The summed E-state index contributed by atoms with van der Waals surface area (Å²) in [6, 6.07) is 16.8. The zero-order chi connectivity index (χ0) is 18.1. The first-order valence-electron chi connectivity index (χ1n) is 8.54. The maximum absolute atomic E-state index is 12.2. The maximum atomic E-state index is 12.2. The quantitative estimate of drug-likeness (QED) is 0.688. The Balaban J connectivity index is 1.86. The molecule has 5 heteroatoms. The number of ether oxygens (including phenoxy) is 1. The van der Waals surface area contributed by atoms with Crippen LogP contribution in [0.4, 0.5) is 4.79 Å². The van der Waals surface area contributed by atoms with Gasteiger partial charge in [-0.05, 0) is 43.5 Å². The van der Waals surface area contributed by atoms with Crippen LogP contribution >= 0.6 is 0 Å². The summed E-state index contributed by atoms with van der Waals surface area (Å²) >= 11 is 0. The van der Waals surface area contributed by atoms with E-state index in [0.29, 0.717) is 13.0 Å². The molecule has 0 saturated heterocycles. The summed E-state index contributed by atoms with van der Waals surface area (Å²) in [7, 11) is 0. The van der Waals surface area contributed by atoms with E-state index in [9.17, 15) is 9.90 Å². The van der Waals surface area contributed by atoms with Crippen molar-refractivity contribution in [1.82, 2.24) is 10.6 Å². The van der Waals surface area contributed by atoms with Crippen LogP contribution < -0.4 is 15.4 Å². The molecule has 1 atom stereocenters. The number of benzene rings is 2. The molecule has 0 fully saturated rings. The molecule has 0 heterocycles. The molecule has 0 aliphatic heterocycles. The van der Waals surface area contributed by atoms with Crippen LogP contribution in [0.15, 0.2) is 54.6 Å². The van der Waals surface area contributed by atoms with E-state index >= 15 is 0 Å². The molecule has 0 aromatic heterocycles. The summed E-state index contributed by atoms with van der Waals surface area (Å²) in [5.41, 5.74) is 1.96. The first kappa shape index (κ1) is 18.8. The highest BCUT2D eigenvalue weighted by molar-refractivity contribution is 5.74. The van der Waals surface area contributed by atoms with Gasteiger partial charge in [-0.15, -0.1) is 0 Å². The molecule has 0 bridgehead atoms. The molecule has 0 unspecified atom stereocenters. The van der Waals surface area contributed by atoms with E-state index in [1.54, 1.807) is 0 Å². The number of hydrogen-bond donors (Lipinski definition) is 3. The number of aliphatic hydroxyl groups excluding tert-OH is 1. The maximum Gasteiger partial charge on any atom is 0.315 e. The Kier molecular flexibility index (Phi) is 7.29. The topological polar surface area (TPSA) is 70.6 Å². The highest BCUT2D eigenvalue weighted by Gasteiger charge is 2.13. The van der Waals surface area contributed by atoms with Crippen LogP contribution in [-0.2, 0) is 6.54 Å². The number of carbonyl (C=O) groups is 1. The third-order valence-corrected chi connectivity index (χ3v) is 3.67. The summed E-state index contributed by atoms with van der Waals surface area (Å²) in [4.78, 5) is 12.2. The van der Waals surface area contributed by atoms with E-state index in [0.717, 1.165) is 16.9 Å². The first-order valence-corrected chi connectivity index (χ1v) is 8.54. The molecule has 134 valence electrons. The summed E-state index contributed by atoms with van der Waals surface area (Å²) < 4.78 is 5.60. The molecule has 0 saturated carbocycles. The van der Waals surface area contributed by atoms with Crippen LogP contribution in [0.2, 0.25) is 0 Å². The van der Waals surface area contributed by atoms with Gasteiger partial charge in [0, 0.05) is 13.2 Å². The summed E-state index contributed by atoms with van der Waals surface area (Å²) in [6.45, 7) is 4.40. The van der Waals surface area contributed by atoms with Gasteiger partial charge in [-0.25, -0.2) is 4.79 Å². The molecular formula is C20H26N2O3. The largest absolute Gasteiger partial charge is 0.491 e. The first-order chi connectivity index (χ1) is 12.1. The number of carbonyl (C=O) groups excluding carboxylic acids is 1. The van der Waals surface area contributed by atoms with Crippen molar-refractivity contribution in [3.63, 3.8) is 0 Å². The Bertz CT molecular complexity index is 642. The fraction of sp³-hybridized carbons (Fsp3) is 0.350. The number of hydrogen-bond acceptors (Lipinski definition) is 3. The Morgan fingerprint density at radius 2 is 1.76 bits per heavy atom. The smallest absolute Gasteiger partial charge is 0.315 e. The third kappa shape index (κ3) is 6.47. The van der Waals surface area contributed by atoms with E-state index in [1.807, 2.05) is 68.4 Å². The standard InChI is InChI=1S/C20H26N2O3/c1-15(2)25-18-10-8-16(9-11-18)14-21-20(24)22-19(12-13-23)17-6-4-3-5-7-17/h3-11,15,19,23H,12-14H2,1-2H3,(H2,21,22,24)/t19-/m1/s1. The third-order valence-electron chi connectivity index (χ3n) is 3.67. The molecule has 3 N–H and O–H groups in total. The molecule has 0 spiro atoms. The minimum absolute atomic E-state index is 0.0111. The van der Waals surface area contributed by atoms with Gasteiger partial charge in [-0.3, -0.25) is 0 Å². The average molecular weight is 342 g/mol. The van der Waals surface area contributed by atoms with Gasteiger partial charge in [0.1, 0.15) is 5.75 Å². The van der Waals surface area contributed by atoms with Gasteiger partial charge in [-0.2, -0.15) is 0 Å². The average Bonchev–Trinajstić information content (AvgIpc) is 2.61. The molecule has 2 amide bonds. The second kappa shape index (κ2) is 9.69. The van der Waals surface area contributed by atoms with Gasteiger partial charge in [0.05, 0.1) is 12.1 Å². The molecule has 2 rings (SSSR count). The van der Waals surface area contributed by atoms with Crippen molar-refractivity contribution in [2.75, 3.05) is 6.61 Å². The fourth-order valence-electron chi connectivity index (χ4n) is 2.49. The SMILES string of the molecule is CC(C)Oc1ccc(CNC(=O)N[C@H](CCO)c2ccccc2)cc1. The van der Waals surface area contributed by atoms with Crippen LogP contribution in [0.1, 0.15) is 37.4 Å². The van der Waals surface area contributed by atoms with Gasteiger partial charge < -0.3 is 20.5 Å². The number of urea groups is 1. The Labute approximate surface area is 149 Å². The van der Waals surface area contributed by atoms with Crippen LogP contribution in [-0.4, -0.2) is 23.8 Å². The second-order valence-corrected chi connectivity index (χ2v) is 6.11. The van der Waals surface area contributed by atoms with Crippen LogP contribution in [0, 0.1) is 0 Å². The second-order valence-electron chi connectivity index (χ2n) is 6.11. The Morgan fingerprint density at radius 3 is 2.36 bits per heavy atom. The zero-order valence-electron chi connectivity index (χ0n) is 14.7. The Hall–Kier alpha value is -2.53. The molecule has 0 aliphatic carbocycles.